The number of nitrogens with zero attached hydrogens (tertiary/aromatic N) is 1. The van der Waals surface area contributed by atoms with Gasteiger partial charge in [-0.3, -0.25) is 9.59 Å². The van der Waals surface area contributed by atoms with E-state index < -0.39 is 0 Å². The predicted molar refractivity (Wildman–Crippen MR) is 86.2 cm³/mol. The minimum Gasteiger partial charge on any atom is -0.341 e. The molecule has 0 saturated heterocycles. The van der Waals surface area contributed by atoms with E-state index in [0.717, 1.165) is 32.1 Å². The summed E-state index contributed by atoms with van der Waals surface area (Å²) < 4.78 is 0. The summed E-state index contributed by atoms with van der Waals surface area (Å²) in [7, 11) is 1.89. The molecule has 118 valence electrons. The number of carbonyl (C=O) groups excluding carboxylic acids is 2. The fourth-order valence-corrected chi connectivity index (χ4v) is 4.11. The van der Waals surface area contributed by atoms with E-state index >= 15 is 0 Å². The third-order valence-corrected chi connectivity index (χ3v) is 5.44. The van der Waals surface area contributed by atoms with Crippen LogP contribution < -0.4 is 0 Å². The zero-order valence-corrected chi connectivity index (χ0v) is 13.5. The van der Waals surface area contributed by atoms with Gasteiger partial charge in [-0.25, -0.2) is 0 Å². The minimum atomic E-state index is 0.0435. The molecule has 1 amide bonds. The van der Waals surface area contributed by atoms with E-state index in [4.69, 9.17) is 0 Å². The van der Waals surface area contributed by atoms with E-state index in [1.807, 2.05) is 24.1 Å². The van der Waals surface area contributed by atoms with Crippen molar-refractivity contribution >= 4 is 11.7 Å². The molecule has 3 atom stereocenters. The molecular formula is C19H25NO2. The molecule has 0 radical (unpaired) electrons. The third kappa shape index (κ3) is 2.94. The first-order valence-corrected chi connectivity index (χ1v) is 8.39. The van der Waals surface area contributed by atoms with Crippen molar-refractivity contribution in [1.82, 2.24) is 4.90 Å². The summed E-state index contributed by atoms with van der Waals surface area (Å²) in [5.74, 6) is 0.980. The first kappa shape index (κ1) is 15.3. The Morgan fingerprint density at radius 1 is 1.18 bits per heavy atom. The van der Waals surface area contributed by atoms with Gasteiger partial charge in [0.25, 0.3) is 0 Å². The monoisotopic (exact) mass is 299 g/mol. The molecule has 1 aromatic rings. The molecule has 0 N–H and O–H groups in total. The van der Waals surface area contributed by atoms with Gasteiger partial charge in [0.1, 0.15) is 5.78 Å². The van der Waals surface area contributed by atoms with E-state index in [-0.39, 0.29) is 23.7 Å². The SMILES string of the molecule is Cc1ccccc1CN(C)C(=O)C1C[C@H]2CCC[C@@H](C1)C2=O. The molecule has 2 saturated carbocycles. The molecule has 2 aliphatic carbocycles. The van der Waals surface area contributed by atoms with Crippen LogP contribution in [0, 0.1) is 24.7 Å². The van der Waals surface area contributed by atoms with E-state index in [2.05, 4.69) is 19.1 Å². The molecule has 0 aromatic heterocycles. The lowest BCUT2D eigenvalue weighted by molar-refractivity contribution is -0.142. The number of hydrogen-bond acceptors (Lipinski definition) is 2. The fourth-order valence-electron chi connectivity index (χ4n) is 4.11. The molecule has 3 heteroatoms. The van der Waals surface area contributed by atoms with Crippen molar-refractivity contribution in [1.29, 1.82) is 0 Å². The number of aryl methyl sites for hydroxylation is 1. The number of ketones is 1. The Hall–Kier alpha value is -1.64. The second-order valence-corrected chi connectivity index (χ2v) is 7.02. The van der Waals surface area contributed by atoms with Crippen LogP contribution in [0.2, 0.25) is 0 Å². The van der Waals surface area contributed by atoms with Crippen molar-refractivity contribution in [3.8, 4) is 0 Å². The summed E-state index contributed by atoms with van der Waals surface area (Å²) in [4.78, 5) is 26.8. The molecule has 22 heavy (non-hydrogen) atoms. The minimum absolute atomic E-state index is 0.0435. The highest BCUT2D eigenvalue weighted by atomic mass is 16.2. The maximum atomic E-state index is 12.8. The number of fused-ring (bicyclic) bond motifs is 2. The van der Waals surface area contributed by atoms with Gasteiger partial charge in [0.15, 0.2) is 0 Å². The van der Waals surface area contributed by atoms with Crippen LogP contribution in [-0.2, 0) is 16.1 Å². The quantitative estimate of drug-likeness (QED) is 0.858. The van der Waals surface area contributed by atoms with Crippen LogP contribution in [0.3, 0.4) is 0 Å². The van der Waals surface area contributed by atoms with Crippen molar-refractivity contribution in [2.24, 2.45) is 17.8 Å². The maximum Gasteiger partial charge on any atom is 0.225 e. The lowest BCUT2D eigenvalue weighted by Gasteiger charge is -2.38. The van der Waals surface area contributed by atoms with Gasteiger partial charge in [-0.2, -0.15) is 0 Å². The van der Waals surface area contributed by atoms with Gasteiger partial charge < -0.3 is 4.90 Å². The molecule has 2 bridgehead atoms. The Morgan fingerprint density at radius 2 is 1.82 bits per heavy atom. The third-order valence-electron chi connectivity index (χ3n) is 5.44. The number of rotatable bonds is 3. The highest BCUT2D eigenvalue weighted by Gasteiger charge is 2.41. The topological polar surface area (TPSA) is 37.4 Å². The van der Waals surface area contributed by atoms with Gasteiger partial charge in [0.05, 0.1) is 0 Å². The van der Waals surface area contributed by atoms with Crippen LogP contribution in [0.15, 0.2) is 24.3 Å². The Kier molecular flexibility index (Phi) is 4.32. The Morgan fingerprint density at radius 3 is 2.45 bits per heavy atom. The van der Waals surface area contributed by atoms with Gasteiger partial charge in [0.2, 0.25) is 5.91 Å². The Balaban J connectivity index is 1.66. The van der Waals surface area contributed by atoms with E-state index in [1.165, 1.54) is 11.1 Å². The molecule has 2 aliphatic rings. The van der Waals surface area contributed by atoms with Gasteiger partial charge >= 0.3 is 0 Å². The zero-order valence-electron chi connectivity index (χ0n) is 13.5. The summed E-state index contributed by atoms with van der Waals surface area (Å²) >= 11 is 0. The highest BCUT2D eigenvalue weighted by molar-refractivity contribution is 5.88. The second kappa shape index (κ2) is 6.23. The smallest absolute Gasteiger partial charge is 0.225 e. The Labute approximate surface area is 132 Å². The van der Waals surface area contributed by atoms with Crippen molar-refractivity contribution in [2.45, 2.75) is 45.6 Å². The summed E-state index contributed by atoms with van der Waals surface area (Å²) in [6.45, 7) is 2.74. The fraction of sp³-hybridized carbons (Fsp3) is 0.579. The molecule has 0 spiro atoms. The molecular weight excluding hydrogens is 274 g/mol. The first-order valence-electron chi connectivity index (χ1n) is 8.39. The standard InChI is InChI=1S/C19H25NO2/c1-13-6-3-4-7-16(13)12-20(2)19(22)17-10-14-8-5-9-15(11-17)18(14)21/h3-4,6-7,14-15,17H,5,8-12H2,1-2H3/t14-,15+,17?. The van der Waals surface area contributed by atoms with Crippen molar-refractivity contribution < 1.29 is 9.59 Å². The number of carbonyl (C=O) groups is 2. The molecule has 3 rings (SSSR count). The van der Waals surface area contributed by atoms with Gasteiger partial charge in [-0.1, -0.05) is 30.7 Å². The van der Waals surface area contributed by atoms with Crippen molar-refractivity contribution in [3.05, 3.63) is 35.4 Å². The van der Waals surface area contributed by atoms with Gasteiger partial charge in [-0.15, -0.1) is 0 Å². The largest absolute Gasteiger partial charge is 0.341 e. The molecule has 1 aromatic carbocycles. The molecule has 0 aliphatic heterocycles. The summed E-state index contributed by atoms with van der Waals surface area (Å²) in [6, 6.07) is 8.20. The van der Waals surface area contributed by atoms with Crippen LogP contribution in [-0.4, -0.2) is 23.6 Å². The van der Waals surface area contributed by atoms with E-state index in [1.54, 1.807) is 0 Å². The molecule has 2 fully saturated rings. The summed E-state index contributed by atoms with van der Waals surface area (Å²) in [5.41, 5.74) is 2.42. The van der Waals surface area contributed by atoms with E-state index in [9.17, 15) is 9.59 Å². The molecule has 3 nitrogen and oxygen atoms in total. The number of Topliss-reactive ketones (excluding diaryl/α,β-unsaturated/α-hetero) is 1. The molecule has 0 heterocycles. The lowest BCUT2D eigenvalue weighted by atomic mass is 9.67. The Bertz CT molecular complexity index is 565. The summed E-state index contributed by atoms with van der Waals surface area (Å²) in [5, 5.41) is 0. The van der Waals surface area contributed by atoms with Gasteiger partial charge in [-0.05, 0) is 43.7 Å². The molecule has 1 unspecified atom stereocenters. The number of hydrogen-bond donors (Lipinski definition) is 0. The van der Waals surface area contributed by atoms with Crippen LogP contribution in [0.5, 0.6) is 0 Å². The summed E-state index contributed by atoms with van der Waals surface area (Å²) in [6.07, 6.45) is 4.67. The van der Waals surface area contributed by atoms with Crippen molar-refractivity contribution in [2.75, 3.05) is 7.05 Å². The first-order chi connectivity index (χ1) is 10.6. The van der Waals surface area contributed by atoms with Gasteiger partial charge in [0, 0.05) is 31.3 Å². The predicted octanol–water partition coefficient (Wildman–Crippen LogP) is 3.35. The van der Waals surface area contributed by atoms with Crippen molar-refractivity contribution in [3.63, 3.8) is 0 Å². The maximum absolute atomic E-state index is 12.8. The van der Waals surface area contributed by atoms with Crippen LogP contribution >= 0.6 is 0 Å². The second-order valence-electron chi connectivity index (χ2n) is 7.02. The normalized spacial score (nSPS) is 27.5. The number of amides is 1. The van der Waals surface area contributed by atoms with Crippen LogP contribution in [0.4, 0.5) is 0 Å². The average molecular weight is 299 g/mol. The lowest BCUT2D eigenvalue weighted by Crippen LogP contribution is -2.43. The highest BCUT2D eigenvalue weighted by Crippen LogP contribution is 2.40. The van der Waals surface area contributed by atoms with Crippen LogP contribution in [0.25, 0.3) is 0 Å². The average Bonchev–Trinajstić information content (AvgIpc) is 2.48. The zero-order chi connectivity index (χ0) is 15.7. The van der Waals surface area contributed by atoms with E-state index in [0.29, 0.717) is 12.3 Å². The van der Waals surface area contributed by atoms with Crippen LogP contribution in [0.1, 0.15) is 43.2 Å². The number of benzene rings is 1.